The van der Waals surface area contributed by atoms with Crippen molar-refractivity contribution in [3.05, 3.63) is 59.4 Å². The summed E-state index contributed by atoms with van der Waals surface area (Å²) in [6.07, 6.45) is 5.32. The van der Waals surface area contributed by atoms with Gasteiger partial charge in [-0.05, 0) is 51.1 Å². The summed E-state index contributed by atoms with van der Waals surface area (Å²) < 4.78 is 29.8. The van der Waals surface area contributed by atoms with Crippen molar-refractivity contribution in [2.45, 2.75) is 37.8 Å². The highest BCUT2D eigenvalue weighted by atomic mass is 19.1. The van der Waals surface area contributed by atoms with Gasteiger partial charge in [0.05, 0.1) is 17.8 Å². The number of primary amides is 1. The molecule has 1 amide bonds. The molecular formula is C21H24F2N6O. The lowest BCUT2D eigenvalue weighted by Crippen LogP contribution is -2.53. The van der Waals surface area contributed by atoms with Crippen LogP contribution >= 0.6 is 0 Å². The van der Waals surface area contributed by atoms with Gasteiger partial charge in [0, 0.05) is 30.3 Å². The molecule has 4 rings (SSSR count). The molecule has 1 fully saturated rings. The minimum Gasteiger partial charge on any atom is -0.368 e. The molecule has 3 N–H and O–H groups in total. The Hall–Kier alpha value is -3.07. The van der Waals surface area contributed by atoms with Crippen molar-refractivity contribution in [3.63, 3.8) is 0 Å². The SMILES string of the molecule is CNC(C)(Cc1cnn2ccc(N3CCCC3c3cc(F)ccc3F)nc12)C(N)=O. The van der Waals surface area contributed by atoms with Crippen LogP contribution in [-0.4, -0.2) is 39.6 Å². The number of likely N-dealkylation sites (N-methyl/N-ethyl adjacent to an activating group) is 1. The molecule has 7 nitrogen and oxygen atoms in total. The zero-order valence-electron chi connectivity index (χ0n) is 16.9. The lowest BCUT2D eigenvalue weighted by Gasteiger charge is -2.27. The van der Waals surface area contributed by atoms with Gasteiger partial charge in [-0.1, -0.05) is 0 Å². The van der Waals surface area contributed by atoms with E-state index in [1.54, 1.807) is 30.9 Å². The Morgan fingerprint density at radius 2 is 2.17 bits per heavy atom. The van der Waals surface area contributed by atoms with Crippen molar-refractivity contribution in [1.29, 1.82) is 0 Å². The average Bonchev–Trinajstić information content (AvgIpc) is 3.36. The molecule has 2 aromatic heterocycles. The number of fused-ring (bicyclic) bond motifs is 1. The second-order valence-corrected chi connectivity index (χ2v) is 7.86. The van der Waals surface area contributed by atoms with Crippen LogP contribution in [0.3, 0.4) is 0 Å². The maximum Gasteiger partial charge on any atom is 0.237 e. The number of hydrogen-bond acceptors (Lipinski definition) is 5. The molecule has 1 saturated heterocycles. The largest absolute Gasteiger partial charge is 0.368 e. The lowest BCUT2D eigenvalue weighted by molar-refractivity contribution is -0.123. The first kappa shape index (κ1) is 20.2. The topological polar surface area (TPSA) is 88.6 Å². The van der Waals surface area contributed by atoms with Gasteiger partial charge in [-0.3, -0.25) is 4.79 Å². The third-order valence-corrected chi connectivity index (χ3v) is 5.93. The van der Waals surface area contributed by atoms with E-state index in [4.69, 9.17) is 10.7 Å². The van der Waals surface area contributed by atoms with Gasteiger partial charge in [0.2, 0.25) is 5.91 Å². The maximum atomic E-state index is 14.4. The van der Waals surface area contributed by atoms with E-state index >= 15 is 0 Å². The molecule has 9 heteroatoms. The minimum atomic E-state index is -0.942. The van der Waals surface area contributed by atoms with E-state index in [9.17, 15) is 13.6 Å². The number of benzene rings is 1. The van der Waals surface area contributed by atoms with E-state index in [0.29, 0.717) is 36.4 Å². The Morgan fingerprint density at radius 1 is 1.37 bits per heavy atom. The number of nitrogens with one attached hydrogen (secondary N) is 1. The molecule has 1 aromatic carbocycles. The maximum absolute atomic E-state index is 14.4. The summed E-state index contributed by atoms with van der Waals surface area (Å²) in [5.41, 5.74) is 6.31. The van der Waals surface area contributed by atoms with Crippen molar-refractivity contribution >= 4 is 17.4 Å². The molecule has 30 heavy (non-hydrogen) atoms. The Labute approximate surface area is 172 Å². The van der Waals surface area contributed by atoms with Crippen LogP contribution in [0.1, 0.15) is 36.9 Å². The number of nitrogens with two attached hydrogens (primary N) is 1. The second kappa shape index (κ2) is 7.64. The lowest BCUT2D eigenvalue weighted by atomic mass is 9.93. The molecule has 0 radical (unpaired) electrons. The zero-order chi connectivity index (χ0) is 21.5. The van der Waals surface area contributed by atoms with Crippen LogP contribution in [-0.2, 0) is 11.2 Å². The van der Waals surface area contributed by atoms with E-state index in [1.807, 2.05) is 11.0 Å². The summed E-state index contributed by atoms with van der Waals surface area (Å²) in [6.45, 7) is 2.41. The van der Waals surface area contributed by atoms with Gasteiger partial charge in [-0.15, -0.1) is 0 Å². The summed E-state index contributed by atoms with van der Waals surface area (Å²) in [5, 5.41) is 7.28. The molecule has 2 atom stereocenters. The van der Waals surface area contributed by atoms with Gasteiger partial charge >= 0.3 is 0 Å². The van der Waals surface area contributed by atoms with Crippen LogP contribution in [0.25, 0.3) is 5.65 Å². The molecule has 0 bridgehead atoms. The molecule has 1 aliphatic rings. The normalized spacial score (nSPS) is 18.7. The van der Waals surface area contributed by atoms with Crippen molar-refractivity contribution in [2.75, 3.05) is 18.5 Å². The fourth-order valence-corrected chi connectivity index (χ4v) is 4.01. The van der Waals surface area contributed by atoms with E-state index in [1.165, 1.54) is 6.07 Å². The summed E-state index contributed by atoms with van der Waals surface area (Å²) in [7, 11) is 1.68. The summed E-state index contributed by atoms with van der Waals surface area (Å²) >= 11 is 0. The Morgan fingerprint density at radius 3 is 2.90 bits per heavy atom. The van der Waals surface area contributed by atoms with Crippen LogP contribution in [0, 0.1) is 11.6 Å². The molecule has 0 spiro atoms. The van der Waals surface area contributed by atoms with Crippen LogP contribution in [0.5, 0.6) is 0 Å². The smallest absolute Gasteiger partial charge is 0.237 e. The van der Waals surface area contributed by atoms with Gasteiger partial charge < -0.3 is 16.0 Å². The van der Waals surface area contributed by atoms with Gasteiger partial charge in [0.1, 0.15) is 17.5 Å². The number of carbonyl (C=O) groups excluding carboxylic acids is 1. The highest BCUT2D eigenvalue weighted by Gasteiger charge is 2.32. The first-order valence-electron chi connectivity index (χ1n) is 9.86. The van der Waals surface area contributed by atoms with E-state index in [2.05, 4.69) is 10.4 Å². The summed E-state index contributed by atoms with van der Waals surface area (Å²) in [6, 6.07) is 5.06. The van der Waals surface area contributed by atoms with Crippen LogP contribution in [0.2, 0.25) is 0 Å². The van der Waals surface area contributed by atoms with Crippen molar-refractivity contribution in [1.82, 2.24) is 19.9 Å². The number of carbonyl (C=O) groups is 1. The molecule has 3 aromatic rings. The van der Waals surface area contributed by atoms with Crippen LogP contribution < -0.4 is 16.0 Å². The molecule has 0 saturated carbocycles. The molecule has 158 valence electrons. The number of aromatic nitrogens is 3. The van der Waals surface area contributed by atoms with Gasteiger partial charge in [-0.2, -0.15) is 5.10 Å². The predicted octanol–water partition coefficient (Wildman–Crippen LogP) is 2.35. The Kier molecular flexibility index (Phi) is 5.15. The monoisotopic (exact) mass is 414 g/mol. The number of amides is 1. The van der Waals surface area contributed by atoms with Crippen molar-refractivity contribution in [3.8, 4) is 0 Å². The van der Waals surface area contributed by atoms with Gasteiger partial charge in [0.25, 0.3) is 0 Å². The number of hydrogen-bond donors (Lipinski definition) is 2. The quantitative estimate of drug-likeness (QED) is 0.647. The Balaban J connectivity index is 1.71. The number of halogens is 2. The fourth-order valence-electron chi connectivity index (χ4n) is 4.01. The number of anilines is 1. The minimum absolute atomic E-state index is 0.296. The van der Waals surface area contributed by atoms with E-state index in [-0.39, 0.29) is 6.04 Å². The predicted molar refractivity (Wildman–Crippen MR) is 109 cm³/mol. The van der Waals surface area contributed by atoms with Crippen molar-refractivity contribution in [2.24, 2.45) is 5.73 Å². The molecule has 2 unspecified atom stereocenters. The summed E-state index contributed by atoms with van der Waals surface area (Å²) in [4.78, 5) is 18.6. The zero-order valence-corrected chi connectivity index (χ0v) is 16.9. The van der Waals surface area contributed by atoms with Crippen LogP contribution in [0.15, 0.2) is 36.7 Å². The summed E-state index contributed by atoms with van der Waals surface area (Å²) in [5.74, 6) is -0.703. The highest BCUT2D eigenvalue weighted by molar-refractivity contribution is 5.84. The first-order chi connectivity index (χ1) is 14.3. The standard InChI is InChI=1S/C21H24F2N6O/c1-21(25-2,20(24)30)11-13-12-26-29-9-7-18(27-19(13)29)28-8-3-4-17(28)15-10-14(22)5-6-16(15)23/h5-7,9-10,12,17,25H,3-4,8,11H2,1-2H3,(H2,24,30). The third-order valence-electron chi connectivity index (χ3n) is 5.93. The van der Waals surface area contributed by atoms with E-state index < -0.39 is 23.1 Å². The third kappa shape index (κ3) is 3.49. The van der Waals surface area contributed by atoms with E-state index in [0.717, 1.165) is 24.1 Å². The Bertz CT molecular complexity index is 1100. The molecular weight excluding hydrogens is 390 g/mol. The second-order valence-electron chi connectivity index (χ2n) is 7.86. The van der Waals surface area contributed by atoms with Crippen LogP contribution in [0.4, 0.5) is 14.6 Å². The molecule has 3 heterocycles. The highest BCUT2D eigenvalue weighted by Crippen LogP contribution is 2.37. The fraction of sp³-hybridized carbons (Fsp3) is 0.381. The van der Waals surface area contributed by atoms with Gasteiger partial charge in [0.15, 0.2) is 5.65 Å². The van der Waals surface area contributed by atoms with Crippen molar-refractivity contribution < 1.29 is 13.6 Å². The number of rotatable bonds is 6. The van der Waals surface area contributed by atoms with Gasteiger partial charge in [-0.25, -0.2) is 18.3 Å². The first-order valence-corrected chi connectivity index (χ1v) is 9.86. The number of nitrogens with zero attached hydrogens (tertiary/aromatic N) is 4. The molecule has 0 aliphatic carbocycles. The molecule has 1 aliphatic heterocycles. The average molecular weight is 414 g/mol.